The van der Waals surface area contributed by atoms with Crippen LogP contribution in [0, 0.1) is 0 Å². The van der Waals surface area contributed by atoms with E-state index in [2.05, 4.69) is 15.9 Å². The van der Waals surface area contributed by atoms with E-state index >= 15 is 0 Å². The quantitative estimate of drug-likeness (QED) is 0.554. The maximum Gasteiger partial charge on any atom is 0.229 e. The van der Waals surface area contributed by atoms with E-state index in [4.69, 9.17) is 0 Å². The second-order valence-electron chi connectivity index (χ2n) is 4.64. The molecule has 1 aromatic rings. The van der Waals surface area contributed by atoms with Crippen LogP contribution in [-0.4, -0.2) is 29.7 Å². The van der Waals surface area contributed by atoms with E-state index in [-0.39, 0.29) is 11.8 Å². The molecule has 0 saturated carbocycles. The number of unbranched alkanes of at least 4 members (excludes halogenated alkanes) is 2. The molecule has 1 rings (SSSR count). The molecule has 0 aliphatic rings. The Labute approximate surface area is 119 Å². The molecule has 3 heteroatoms. The number of carbonyl (C=O) groups is 1. The number of hydrogen-bond donors (Lipinski definition) is 0. The maximum absolute atomic E-state index is 12.2. The summed E-state index contributed by atoms with van der Waals surface area (Å²) in [6.07, 6.45) is 3.42. The maximum atomic E-state index is 12.2. The first kappa shape index (κ1) is 15.2. The second kappa shape index (κ2) is 8.30. The number of hydrogen-bond acceptors (Lipinski definition) is 1. The van der Waals surface area contributed by atoms with Gasteiger partial charge in [0.05, 0.1) is 5.92 Å². The van der Waals surface area contributed by atoms with Crippen LogP contribution in [0.25, 0.3) is 0 Å². The van der Waals surface area contributed by atoms with Crippen LogP contribution in [0.3, 0.4) is 0 Å². The molecule has 0 bridgehead atoms. The number of amides is 1. The lowest BCUT2D eigenvalue weighted by molar-refractivity contribution is -0.131. The van der Waals surface area contributed by atoms with E-state index in [1.165, 1.54) is 12.8 Å². The Balaban J connectivity index is 2.43. The van der Waals surface area contributed by atoms with Gasteiger partial charge in [-0.1, -0.05) is 52.7 Å². The summed E-state index contributed by atoms with van der Waals surface area (Å²) in [5.41, 5.74) is 1.09. The van der Waals surface area contributed by atoms with Gasteiger partial charge in [-0.3, -0.25) is 4.79 Å². The number of alkyl halides is 1. The molecule has 1 atom stereocenters. The van der Waals surface area contributed by atoms with Crippen molar-refractivity contribution in [3.8, 4) is 0 Å². The lowest BCUT2D eigenvalue weighted by atomic mass is 10.00. The van der Waals surface area contributed by atoms with Crippen LogP contribution < -0.4 is 0 Å². The van der Waals surface area contributed by atoms with Crippen LogP contribution in [0.4, 0.5) is 0 Å². The van der Waals surface area contributed by atoms with Gasteiger partial charge in [0.2, 0.25) is 5.91 Å². The number of halogens is 1. The van der Waals surface area contributed by atoms with Crippen LogP contribution in [0.15, 0.2) is 30.3 Å². The zero-order valence-electron chi connectivity index (χ0n) is 11.2. The lowest BCUT2D eigenvalue weighted by Crippen LogP contribution is -2.31. The molecular weight excluding hydrogens is 290 g/mol. The fraction of sp³-hybridized carbons (Fsp3) is 0.533. The molecule has 0 fully saturated rings. The normalized spacial score (nSPS) is 12.2. The lowest BCUT2D eigenvalue weighted by Gasteiger charge is -2.21. The second-order valence-corrected chi connectivity index (χ2v) is 5.43. The molecule has 0 saturated heterocycles. The van der Waals surface area contributed by atoms with Crippen molar-refractivity contribution in [2.45, 2.75) is 32.1 Å². The zero-order chi connectivity index (χ0) is 13.4. The highest BCUT2D eigenvalue weighted by Crippen LogP contribution is 2.17. The first-order valence-electron chi connectivity index (χ1n) is 6.52. The van der Waals surface area contributed by atoms with Gasteiger partial charge in [-0.15, -0.1) is 0 Å². The summed E-state index contributed by atoms with van der Waals surface area (Å²) in [6, 6.07) is 9.97. The van der Waals surface area contributed by atoms with Crippen molar-refractivity contribution >= 4 is 21.8 Å². The van der Waals surface area contributed by atoms with Crippen molar-refractivity contribution in [2.24, 2.45) is 0 Å². The van der Waals surface area contributed by atoms with E-state index in [0.29, 0.717) is 0 Å². The van der Waals surface area contributed by atoms with Gasteiger partial charge in [0.1, 0.15) is 0 Å². The standard InChI is InChI=1S/C15H22BrNO/c1-13(14-9-5-3-6-10-14)15(18)17(2)12-8-4-7-11-16/h3,5-6,9-10,13H,4,7-8,11-12H2,1-2H3. The van der Waals surface area contributed by atoms with Gasteiger partial charge in [-0.05, 0) is 25.3 Å². The summed E-state index contributed by atoms with van der Waals surface area (Å²) in [5, 5.41) is 1.05. The number of likely N-dealkylation sites (N-methyl/N-ethyl adjacent to an activating group) is 1. The predicted octanol–water partition coefficient (Wildman–Crippen LogP) is 3.81. The minimum absolute atomic E-state index is 0.0487. The molecule has 0 aliphatic carbocycles. The van der Waals surface area contributed by atoms with Crippen molar-refractivity contribution < 1.29 is 4.79 Å². The van der Waals surface area contributed by atoms with Crippen LogP contribution in [-0.2, 0) is 4.79 Å². The molecule has 0 aromatic heterocycles. The minimum atomic E-state index is -0.0487. The highest BCUT2D eigenvalue weighted by atomic mass is 79.9. The van der Waals surface area contributed by atoms with E-state index in [1.807, 2.05) is 49.2 Å². The Bertz CT molecular complexity index is 353. The smallest absolute Gasteiger partial charge is 0.229 e. The number of nitrogens with zero attached hydrogens (tertiary/aromatic N) is 1. The fourth-order valence-corrected chi connectivity index (χ4v) is 2.34. The van der Waals surface area contributed by atoms with Gasteiger partial charge in [0.25, 0.3) is 0 Å². The monoisotopic (exact) mass is 311 g/mol. The molecule has 1 unspecified atom stereocenters. The van der Waals surface area contributed by atoms with Crippen molar-refractivity contribution in [3.63, 3.8) is 0 Å². The zero-order valence-corrected chi connectivity index (χ0v) is 12.8. The van der Waals surface area contributed by atoms with Crippen molar-refractivity contribution in [2.75, 3.05) is 18.9 Å². The van der Waals surface area contributed by atoms with Gasteiger partial charge < -0.3 is 4.90 Å². The van der Waals surface area contributed by atoms with Gasteiger partial charge in [0, 0.05) is 18.9 Å². The van der Waals surface area contributed by atoms with Gasteiger partial charge in [-0.25, -0.2) is 0 Å². The summed E-state index contributed by atoms with van der Waals surface area (Å²) in [7, 11) is 1.90. The Hall–Kier alpha value is -0.830. The number of carbonyl (C=O) groups excluding carboxylic acids is 1. The molecule has 1 amide bonds. The van der Waals surface area contributed by atoms with Crippen LogP contribution in [0.1, 0.15) is 37.7 Å². The summed E-state index contributed by atoms with van der Waals surface area (Å²) >= 11 is 3.42. The average Bonchev–Trinajstić information content (AvgIpc) is 2.42. The van der Waals surface area contributed by atoms with Crippen molar-refractivity contribution in [3.05, 3.63) is 35.9 Å². The highest BCUT2D eigenvalue weighted by molar-refractivity contribution is 9.09. The van der Waals surface area contributed by atoms with Crippen molar-refractivity contribution in [1.82, 2.24) is 4.90 Å². The molecule has 2 nitrogen and oxygen atoms in total. The molecular formula is C15H22BrNO. The summed E-state index contributed by atoms with van der Waals surface area (Å²) in [5.74, 6) is 0.160. The topological polar surface area (TPSA) is 20.3 Å². The average molecular weight is 312 g/mol. The SMILES string of the molecule is CC(C(=O)N(C)CCCCCBr)c1ccccc1. The molecule has 0 heterocycles. The Morgan fingerprint density at radius 3 is 2.50 bits per heavy atom. The molecule has 0 N–H and O–H groups in total. The van der Waals surface area contributed by atoms with Crippen LogP contribution in [0.5, 0.6) is 0 Å². The summed E-state index contributed by atoms with van der Waals surface area (Å²) in [6.45, 7) is 2.83. The molecule has 0 aliphatic heterocycles. The molecule has 1 aromatic carbocycles. The third-order valence-corrected chi connectivity index (χ3v) is 3.73. The van der Waals surface area contributed by atoms with Gasteiger partial charge in [-0.2, -0.15) is 0 Å². The Morgan fingerprint density at radius 2 is 1.89 bits per heavy atom. The van der Waals surface area contributed by atoms with E-state index in [9.17, 15) is 4.79 Å². The number of benzene rings is 1. The Kier molecular flexibility index (Phi) is 7.02. The van der Waals surface area contributed by atoms with E-state index < -0.39 is 0 Å². The third-order valence-electron chi connectivity index (χ3n) is 3.17. The first-order valence-corrected chi connectivity index (χ1v) is 7.65. The predicted molar refractivity (Wildman–Crippen MR) is 80.1 cm³/mol. The largest absolute Gasteiger partial charge is 0.345 e. The van der Waals surface area contributed by atoms with Gasteiger partial charge in [0.15, 0.2) is 0 Å². The van der Waals surface area contributed by atoms with E-state index in [1.54, 1.807) is 0 Å². The Morgan fingerprint density at radius 1 is 1.22 bits per heavy atom. The summed E-state index contributed by atoms with van der Waals surface area (Å²) < 4.78 is 0. The van der Waals surface area contributed by atoms with E-state index in [0.717, 1.165) is 23.9 Å². The van der Waals surface area contributed by atoms with Gasteiger partial charge >= 0.3 is 0 Å². The first-order chi connectivity index (χ1) is 8.66. The molecule has 18 heavy (non-hydrogen) atoms. The number of rotatable bonds is 7. The van der Waals surface area contributed by atoms with Crippen LogP contribution >= 0.6 is 15.9 Å². The summed E-state index contributed by atoms with van der Waals surface area (Å²) in [4.78, 5) is 14.1. The van der Waals surface area contributed by atoms with Crippen LogP contribution in [0.2, 0.25) is 0 Å². The fourth-order valence-electron chi connectivity index (χ4n) is 1.95. The van der Waals surface area contributed by atoms with Crippen molar-refractivity contribution in [1.29, 1.82) is 0 Å². The molecule has 100 valence electrons. The molecule has 0 spiro atoms. The third kappa shape index (κ3) is 4.81. The minimum Gasteiger partial charge on any atom is -0.345 e. The highest BCUT2D eigenvalue weighted by Gasteiger charge is 2.18. The molecule has 0 radical (unpaired) electrons.